The van der Waals surface area contributed by atoms with Crippen LogP contribution in [-0.2, 0) is 16.1 Å². The summed E-state index contributed by atoms with van der Waals surface area (Å²) in [4.78, 5) is 22.6. The maximum atomic E-state index is 13.7. The Morgan fingerprint density at radius 2 is 1.67 bits per heavy atom. The lowest BCUT2D eigenvalue weighted by Gasteiger charge is -2.34. The number of carbonyl (C=O) groups excluding carboxylic acids is 1. The van der Waals surface area contributed by atoms with Gasteiger partial charge in [0.15, 0.2) is 0 Å². The maximum Gasteiger partial charge on any atom is 0.290 e. The Bertz CT molecular complexity index is 1120. The van der Waals surface area contributed by atoms with Gasteiger partial charge in [-0.3, -0.25) is 9.59 Å². The molecule has 0 atom stereocenters. The van der Waals surface area contributed by atoms with E-state index >= 15 is 0 Å². The Balaban J connectivity index is 0.000000317. The second-order valence-corrected chi connectivity index (χ2v) is 9.17. The molecule has 1 saturated heterocycles. The molecule has 3 aromatic rings. The van der Waals surface area contributed by atoms with Crippen LogP contribution in [0.5, 0.6) is 0 Å². The molecule has 0 saturated carbocycles. The molecule has 210 valence electrons. The van der Waals surface area contributed by atoms with Crippen LogP contribution < -0.4 is 10.2 Å². The van der Waals surface area contributed by atoms with Crippen LogP contribution in [0.1, 0.15) is 47.7 Å². The average molecular weight is 541 g/mol. The highest BCUT2D eigenvalue weighted by atomic mass is 19.1. The summed E-state index contributed by atoms with van der Waals surface area (Å²) in [6.07, 6.45) is 2.98. The second kappa shape index (κ2) is 17.7. The number of halogens is 2. The zero-order chi connectivity index (χ0) is 28.5. The fourth-order valence-electron chi connectivity index (χ4n) is 4.17. The second-order valence-electron chi connectivity index (χ2n) is 9.17. The molecule has 0 bridgehead atoms. The van der Waals surface area contributed by atoms with Crippen LogP contribution in [0, 0.1) is 24.5 Å². The molecule has 0 aliphatic carbocycles. The minimum Gasteiger partial charge on any atom is -0.483 e. The van der Waals surface area contributed by atoms with Crippen LogP contribution in [0.4, 0.5) is 14.5 Å². The summed E-state index contributed by atoms with van der Waals surface area (Å²) in [5, 5.41) is 9.81. The lowest BCUT2D eigenvalue weighted by molar-refractivity contribution is -0.122. The van der Waals surface area contributed by atoms with Crippen molar-refractivity contribution in [2.45, 2.75) is 39.7 Å². The van der Waals surface area contributed by atoms with E-state index in [1.54, 1.807) is 13.0 Å². The van der Waals surface area contributed by atoms with E-state index in [1.807, 2.05) is 24.3 Å². The first kappa shape index (κ1) is 31.4. The van der Waals surface area contributed by atoms with Crippen molar-refractivity contribution in [1.29, 1.82) is 0 Å². The lowest BCUT2D eigenvalue weighted by atomic mass is 9.95. The molecule has 39 heavy (non-hydrogen) atoms. The highest BCUT2D eigenvalue weighted by Crippen LogP contribution is 2.27. The van der Waals surface area contributed by atoms with Gasteiger partial charge in [0.1, 0.15) is 11.6 Å². The maximum absolute atomic E-state index is 13.7. The molecule has 0 aromatic heterocycles. The van der Waals surface area contributed by atoms with Gasteiger partial charge in [0.25, 0.3) is 12.4 Å². The van der Waals surface area contributed by atoms with Crippen molar-refractivity contribution < 1.29 is 28.2 Å². The minimum absolute atomic E-state index is 0.175. The van der Waals surface area contributed by atoms with Gasteiger partial charge >= 0.3 is 0 Å². The van der Waals surface area contributed by atoms with Gasteiger partial charge in [0.2, 0.25) is 0 Å². The first-order chi connectivity index (χ1) is 18.9. The van der Waals surface area contributed by atoms with Crippen molar-refractivity contribution in [2.24, 2.45) is 5.92 Å². The smallest absolute Gasteiger partial charge is 0.290 e. The summed E-state index contributed by atoms with van der Waals surface area (Å²) in [7, 11) is 0. The largest absolute Gasteiger partial charge is 0.483 e. The Hall–Kier alpha value is -3.78. The van der Waals surface area contributed by atoms with E-state index in [2.05, 4.69) is 29.3 Å². The number of hydrogen-bond donors (Lipinski definition) is 2. The van der Waals surface area contributed by atoms with E-state index in [0.717, 1.165) is 51.3 Å². The standard InChI is InChI=1S/C20H22F2N2O.C10H14O.CH2O2/c1-14-18(22)3-2-4-19(14)24-11-9-15(10-12-24)13-23-20(25)16-5-7-17(21)8-6-16;1-2-8-11-9-10-6-4-3-5-7-10;2-1-3/h2-8,15H,9-13H2,1H3,(H,23,25);3-7H,2,8-9H2,1H3;1H,(H,2,3). The number of nitrogens with zero attached hydrogens (tertiary/aromatic N) is 1. The molecule has 3 aromatic carbocycles. The highest BCUT2D eigenvalue weighted by Gasteiger charge is 2.21. The number of rotatable bonds is 8. The molecule has 1 aliphatic rings. The molecule has 2 N–H and O–H groups in total. The summed E-state index contributed by atoms with van der Waals surface area (Å²) in [5.74, 6) is -0.305. The van der Waals surface area contributed by atoms with E-state index in [0.29, 0.717) is 23.6 Å². The van der Waals surface area contributed by atoms with Gasteiger partial charge in [-0.1, -0.05) is 43.3 Å². The van der Waals surface area contributed by atoms with Crippen LogP contribution in [0.3, 0.4) is 0 Å². The van der Waals surface area contributed by atoms with Gasteiger partial charge in [0.05, 0.1) is 6.61 Å². The van der Waals surface area contributed by atoms with Crippen LogP contribution in [0.2, 0.25) is 0 Å². The van der Waals surface area contributed by atoms with Crippen LogP contribution in [0.15, 0.2) is 72.8 Å². The third-order valence-electron chi connectivity index (χ3n) is 6.31. The Kier molecular flexibility index (Phi) is 14.2. The van der Waals surface area contributed by atoms with Crippen molar-refractivity contribution >= 4 is 18.1 Å². The van der Waals surface area contributed by atoms with Gasteiger partial charge in [0, 0.05) is 43.1 Å². The lowest BCUT2D eigenvalue weighted by Crippen LogP contribution is -2.39. The first-order valence-electron chi connectivity index (χ1n) is 13.1. The predicted molar refractivity (Wildman–Crippen MR) is 150 cm³/mol. The number of piperidine rings is 1. The fraction of sp³-hybridized carbons (Fsp3) is 0.355. The third-order valence-corrected chi connectivity index (χ3v) is 6.31. The number of anilines is 1. The van der Waals surface area contributed by atoms with Crippen molar-refractivity contribution in [3.05, 3.63) is 101 Å². The number of ether oxygens (including phenoxy) is 1. The van der Waals surface area contributed by atoms with Crippen LogP contribution in [-0.4, -0.2) is 43.7 Å². The van der Waals surface area contributed by atoms with E-state index < -0.39 is 0 Å². The summed E-state index contributed by atoms with van der Waals surface area (Å²) in [6.45, 7) is 7.57. The number of amides is 1. The third kappa shape index (κ3) is 11.2. The summed E-state index contributed by atoms with van der Waals surface area (Å²) in [6, 6.07) is 21.0. The van der Waals surface area contributed by atoms with Gasteiger partial charge in [-0.15, -0.1) is 0 Å². The van der Waals surface area contributed by atoms with E-state index in [-0.39, 0.29) is 24.0 Å². The molecular weight excluding hydrogens is 502 g/mol. The van der Waals surface area contributed by atoms with Gasteiger partial charge in [-0.25, -0.2) is 8.78 Å². The molecule has 4 rings (SSSR count). The Labute approximate surface area is 229 Å². The molecular formula is C31H38F2N2O4. The Morgan fingerprint density at radius 3 is 2.28 bits per heavy atom. The van der Waals surface area contributed by atoms with Gasteiger partial charge < -0.3 is 20.1 Å². The molecule has 1 aliphatic heterocycles. The quantitative estimate of drug-likeness (QED) is 0.261. The molecule has 0 radical (unpaired) electrons. The first-order valence-corrected chi connectivity index (χ1v) is 13.1. The number of carboxylic acid groups (broad SMARTS) is 1. The van der Waals surface area contributed by atoms with Crippen molar-refractivity contribution in [1.82, 2.24) is 5.32 Å². The SMILES string of the molecule is CCCOCc1ccccc1.Cc1c(F)cccc1N1CCC(CNC(=O)c2ccc(F)cc2)CC1.O=CO. The van der Waals surface area contributed by atoms with Crippen molar-refractivity contribution in [2.75, 3.05) is 31.1 Å². The van der Waals surface area contributed by atoms with Crippen molar-refractivity contribution in [3.8, 4) is 0 Å². The van der Waals surface area contributed by atoms with E-state index in [4.69, 9.17) is 14.6 Å². The summed E-state index contributed by atoms with van der Waals surface area (Å²) >= 11 is 0. The predicted octanol–water partition coefficient (Wildman–Crippen LogP) is 6.23. The average Bonchev–Trinajstić information content (AvgIpc) is 2.95. The number of hydrogen-bond acceptors (Lipinski definition) is 4. The zero-order valence-corrected chi connectivity index (χ0v) is 22.6. The fourth-order valence-corrected chi connectivity index (χ4v) is 4.17. The van der Waals surface area contributed by atoms with Crippen molar-refractivity contribution in [3.63, 3.8) is 0 Å². The van der Waals surface area contributed by atoms with E-state index in [1.165, 1.54) is 35.9 Å². The molecule has 8 heteroatoms. The minimum atomic E-state index is -0.350. The molecule has 0 spiro atoms. The number of benzene rings is 3. The monoisotopic (exact) mass is 540 g/mol. The molecule has 1 amide bonds. The Morgan fingerprint density at radius 1 is 1.03 bits per heavy atom. The van der Waals surface area contributed by atoms with E-state index in [9.17, 15) is 13.6 Å². The van der Waals surface area contributed by atoms with Gasteiger partial charge in [-0.05, 0) is 74.1 Å². The highest BCUT2D eigenvalue weighted by molar-refractivity contribution is 5.94. The van der Waals surface area contributed by atoms with Gasteiger partial charge in [-0.2, -0.15) is 0 Å². The summed E-state index contributed by atoms with van der Waals surface area (Å²) < 4.78 is 32.0. The molecule has 0 unspecified atom stereocenters. The van der Waals surface area contributed by atoms with Crippen LogP contribution >= 0.6 is 0 Å². The zero-order valence-electron chi connectivity index (χ0n) is 22.6. The summed E-state index contributed by atoms with van der Waals surface area (Å²) in [5.41, 5.74) is 3.36. The number of nitrogens with one attached hydrogen (secondary N) is 1. The normalized spacial score (nSPS) is 12.9. The molecule has 6 nitrogen and oxygen atoms in total. The topological polar surface area (TPSA) is 78.9 Å². The number of carbonyl (C=O) groups is 2. The molecule has 1 fully saturated rings. The van der Waals surface area contributed by atoms with Crippen LogP contribution in [0.25, 0.3) is 0 Å². The molecule has 1 heterocycles.